The topological polar surface area (TPSA) is 12.0 Å². The van der Waals surface area contributed by atoms with Crippen molar-refractivity contribution < 1.29 is 0 Å². The highest BCUT2D eigenvalue weighted by atomic mass is 32.2. The summed E-state index contributed by atoms with van der Waals surface area (Å²) in [7, 11) is 0. The van der Waals surface area contributed by atoms with E-state index in [0.717, 1.165) is 29.7 Å². The zero-order chi connectivity index (χ0) is 13.5. The molecule has 0 spiro atoms. The van der Waals surface area contributed by atoms with Crippen molar-refractivity contribution in [3.63, 3.8) is 0 Å². The smallest absolute Gasteiger partial charge is 0.0276 e. The third-order valence-corrected chi connectivity index (χ3v) is 8.42. The van der Waals surface area contributed by atoms with Gasteiger partial charge in [0.25, 0.3) is 0 Å². The summed E-state index contributed by atoms with van der Waals surface area (Å²) in [6.45, 7) is 5.94. The first-order valence-corrected chi connectivity index (χ1v) is 9.74. The molecule has 110 valence electrons. The minimum absolute atomic E-state index is 0.483. The molecule has 0 aliphatic heterocycles. The molecule has 0 saturated heterocycles. The Morgan fingerprint density at radius 2 is 1.79 bits per heavy atom. The van der Waals surface area contributed by atoms with Crippen LogP contribution >= 0.6 is 11.8 Å². The van der Waals surface area contributed by atoms with Gasteiger partial charge in [0.05, 0.1) is 0 Å². The first-order valence-electron chi connectivity index (χ1n) is 8.51. The Morgan fingerprint density at radius 3 is 2.47 bits per heavy atom. The van der Waals surface area contributed by atoms with Gasteiger partial charge in [-0.2, -0.15) is 11.8 Å². The van der Waals surface area contributed by atoms with Crippen molar-refractivity contribution in [3.05, 3.63) is 0 Å². The van der Waals surface area contributed by atoms with Gasteiger partial charge >= 0.3 is 0 Å². The van der Waals surface area contributed by atoms with Crippen LogP contribution in [0, 0.1) is 23.7 Å². The van der Waals surface area contributed by atoms with E-state index in [2.05, 4.69) is 37.2 Å². The Labute approximate surface area is 123 Å². The van der Waals surface area contributed by atoms with E-state index in [1.54, 1.807) is 19.3 Å². The van der Waals surface area contributed by atoms with Crippen LogP contribution in [0.25, 0.3) is 0 Å². The fraction of sp³-hybridized carbons (Fsp3) is 1.00. The normalized spacial score (nSPS) is 40.9. The van der Waals surface area contributed by atoms with Gasteiger partial charge in [0.15, 0.2) is 0 Å². The molecular weight excluding hydrogens is 250 g/mol. The lowest BCUT2D eigenvalue weighted by molar-refractivity contribution is 0.205. The Hall–Kier alpha value is 0.310. The largest absolute Gasteiger partial charge is 0.312 e. The summed E-state index contributed by atoms with van der Waals surface area (Å²) in [5.41, 5.74) is 0. The van der Waals surface area contributed by atoms with E-state index in [9.17, 15) is 0 Å². The monoisotopic (exact) mass is 281 g/mol. The molecule has 0 heterocycles. The fourth-order valence-electron chi connectivity index (χ4n) is 5.48. The van der Waals surface area contributed by atoms with Gasteiger partial charge < -0.3 is 5.32 Å². The van der Waals surface area contributed by atoms with Gasteiger partial charge in [-0.1, -0.05) is 20.3 Å². The highest BCUT2D eigenvalue weighted by Crippen LogP contribution is 2.58. The van der Waals surface area contributed by atoms with E-state index in [-0.39, 0.29) is 0 Å². The number of thioether (sulfide) groups is 1. The standard InChI is InChI=1S/C17H31NS/c1-4-17(5-2,19-3)11-18-16-10-12-9-15(16)14-8-6-7-13(12)14/h12-16,18H,4-11H2,1-3H3. The van der Waals surface area contributed by atoms with Gasteiger partial charge in [-0.15, -0.1) is 0 Å². The van der Waals surface area contributed by atoms with Gasteiger partial charge in [-0.05, 0) is 68.5 Å². The van der Waals surface area contributed by atoms with Crippen LogP contribution in [0.2, 0.25) is 0 Å². The molecule has 0 aromatic heterocycles. The minimum atomic E-state index is 0.483. The minimum Gasteiger partial charge on any atom is -0.312 e. The van der Waals surface area contributed by atoms with Gasteiger partial charge in [0, 0.05) is 17.3 Å². The Balaban J connectivity index is 1.57. The highest BCUT2D eigenvalue weighted by Gasteiger charge is 2.53. The van der Waals surface area contributed by atoms with Crippen LogP contribution in [0.4, 0.5) is 0 Å². The molecule has 5 atom stereocenters. The summed E-state index contributed by atoms with van der Waals surface area (Å²) in [4.78, 5) is 0. The Bertz CT molecular complexity index is 304. The zero-order valence-corrected chi connectivity index (χ0v) is 13.8. The third-order valence-electron chi connectivity index (χ3n) is 6.84. The maximum atomic E-state index is 4.00. The van der Waals surface area contributed by atoms with Gasteiger partial charge in [-0.3, -0.25) is 0 Å². The molecule has 0 amide bonds. The van der Waals surface area contributed by atoms with Crippen molar-refractivity contribution in [2.75, 3.05) is 12.8 Å². The van der Waals surface area contributed by atoms with Crippen molar-refractivity contribution >= 4 is 11.8 Å². The summed E-state index contributed by atoms with van der Waals surface area (Å²) >= 11 is 2.08. The predicted octanol–water partition coefficient (Wildman–Crippen LogP) is 4.32. The van der Waals surface area contributed by atoms with Crippen molar-refractivity contribution in [1.29, 1.82) is 0 Å². The fourth-order valence-corrected chi connectivity index (χ4v) is 6.29. The molecule has 3 rings (SSSR count). The molecule has 3 aliphatic carbocycles. The van der Waals surface area contributed by atoms with Crippen molar-refractivity contribution in [2.24, 2.45) is 23.7 Å². The van der Waals surface area contributed by atoms with Crippen molar-refractivity contribution in [3.8, 4) is 0 Å². The second-order valence-corrected chi connectivity index (χ2v) is 8.51. The summed E-state index contributed by atoms with van der Waals surface area (Å²) in [6, 6.07) is 0.856. The van der Waals surface area contributed by atoms with Crippen LogP contribution in [-0.4, -0.2) is 23.6 Å². The van der Waals surface area contributed by atoms with E-state index in [1.165, 1.54) is 32.2 Å². The van der Waals surface area contributed by atoms with E-state index in [1.807, 2.05) is 0 Å². The van der Waals surface area contributed by atoms with Crippen LogP contribution in [0.1, 0.15) is 58.8 Å². The molecule has 2 heteroatoms. The molecule has 3 aliphatic rings. The van der Waals surface area contributed by atoms with Crippen LogP contribution in [0.3, 0.4) is 0 Å². The van der Waals surface area contributed by atoms with Crippen molar-refractivity contribution in [2.45, 2.75) is 69.6 Å². The molecule has 1 nitrogen and oxygen atoms in total. The molecule has 0 aromatic carbocycles. The molecule has 2 bridgehead atoms. The number of fused-ring (bicyclic) bond motifs is 5. The van der Waals surface area contributed by atoms with Gasteiger partial charge in [0.1, 0.15) is 0 Å². The molecule has 0 aromatic rings. The molecule has 3 fully saturated rings. The second kappa shape index (κ2) is 5.60. The van der Waals surface area contributed by atoms with Crippen LogP contribution in [0.15, 0.2) is 0 Å². The Kier molecular flexibility index (Phi) is 4.20. The number of rotatable bonds is 6. The molecule has 3 saturated carbocycles. The summed E-state index contributed by atoms with van der Waals surface area (Å²) in [5, 5.41) is 4.00. The van der Waals surface area contributed by atoms with Gasteiger partial charge in [-0.25, -0.2) is 0 Å². The number of hydrogen-bond acceptors (Lipinski definition) is 2. The first-order chi connectivity index (χ1) is 9.23. The highest BCUT2D eigenvalue weighted by molar-refractivity contribution is 8.00. The summed E-state index contributed by atoms with van der Waals surface area (Å²) in [6.07, 6.45) is 12.5. The maximum Gasteiger partial charge on any atom is 0.0276 e. The first kappa shape index (κ1) is 14.3. The average Bonchev–Trinajstić information content (AvgIpc) is 3.13. The van der Waals surface area contributed by atoms with Crippen LogP contribution < -0.4 is 5.32 Å². The maximum absolute atomic E-state index is 4.00. The SMILES string of the molecule is CCC(CC)(CNC1CC2CC1C1CCCC21)SC. The molecule has 0 radical (unpaired) electrons. The molecule has 5 unspecified atom stereocenters. The van der Waals surface area contributed by atoms with E-state index >= 15 is 0 Å². The second-order valence-electron chi connectivity index (χ2n) is 7.24. The molecular formula is C17H31NS. The van der Waals surface area contributed by atoms with Crippen LogP contribution in [-0.2, 0) is 0 Å². The zero-order valence-electron chi connectivity index (χ0n) is 13.0. The number of hydrogen-bond donors (Lipinski definition) is 1. The summed E-state index contributed by atoms with van der Waals surface area (Å²) in [5.74, 6) is 4.35. The molecule has 1 N–H and O–H groups in total. The lowest BCUT2D eigenvalue weighted by Gasteiger charge is -2.36. The number of nitrogens with one attached hydrogen (secondary N) is 1. The third kappa shape index (κ3) is 2.37. The lowest BCUT2D eigenvalue weighted by atomic mass is 9.79. The lowest BCUT2D eigenvalue weighted by Crippen LogP contribution is -2.46. The molecule has 19 heavy (non-hydrogen) atoms. The quantitative estimate of drug-likeness (QED) is 0.778. The van der Waals surface area contributed by atoms with Crippen molar-refractivity contribution in [1.82, 2.24) is 5.32 Å². The Morgan fingerprint density at radius 1 is 1.05 bits per heavy atom. The van der Waals surface area contributed by atoms with E-state index < -0.39 is 0 Å². The summed E-state index contributed by atoms with van der Waals surface area (Å²) < 4.78 is 0.483. The van der Waals surface area contributed by atoms with E-state index in [0.29, 0.717) is 4.75 Å². The van der Waals surface area contributed by atoms with Crippen LogP contribution in [0.5, 0.6) is 0 Å². The van der Waals surface area contributed by atoms with Gasteiger partial charge in [0.2, 0.25) is 0 Å². The average molecular weight is 282 g/mol. The predicted molar refractivity (Wildman–Crippen MR) is 85.7 cm³/mol. The van der Waals surface area contributed by atoms with E-state index in [4.69, 9.17) is 0 Å².